The number of hydrogen-bond donors (Lipinski definition) is 2. The highest BCUT2D eigenvalue weighted by atomic mass is 19.1. The number of para-hydroxylation sites is 1. The van der Waals surface area contributed by atoms with E-state index in [0.29, 0.717) is 30.8 Å². The van der Waals surface area contributed by atoms with E-state index in [2.05, 4.69) is 25.8 Å². The van der Waals surface area contributed by atoms with E-state index in [4.69, 9.17) is 9.26 Å². The summed E-state index contributed by atoms with van der Waals surface area (Å²) in [6.07, 6.45) is 0.537. The first-order valence-electron chi connectivity index (χ1n) is 7.77. The highest BCUT2D eigenvalue weighted by molar-refractivity contribution is 5.79. The molecule has 0 amide bonds. The molecule has 1 aromatic heterocycles. The number of aliphatic imine (C=N–C) groups is 1. The lowest BCUT2D eigenvalue weighted by atomic mass is 10.2. The molecule has 8 heteroatoms. The van der Waals surface area contributed by atoms with Crippen molar-refractivity contribution in [1.82, 2.24) is 20.8 Å². The van der Waals surface area contributed by atoms with Crippen LogP contribution in [-0.2, 0) is 6.54 Å². The molecule has 0 fully saturated rings. The molecule has 1 aromatic carbocycles. The summed E-state index contributed by atoms with van der Waals surface area (Å²) >= 11 is 0. The van der Waals surface area contributed by atoms with Gasteiger partial charge >= 0.3 is 0 Å². The van der Waals surface area contributed by atoms with Crippen molar-refractivity contribution in [3.8, 4) is 5.75 Å². The van der Waals surface area contributed by atoms with Crippen molar-refractivity contribution in [3.05, 3.63) is 41.8 Å². The van der Waals surface area contributed by atoms with Crippen LogP contribution in [0.1, 0.15) is 25.1 Å². The van der Waals surface area contributed by atoms with E-state index in [1.165, 1.54) is 6.07 Å². The molecule has 0 aliphatic heterocycles. The molecule has 1 atom stereocenters. The molecule has 1 heterocycles. The molecule has 130 valence electrons. The van der Waals surface area contributed by atoms with Crippen molar-refractivity contribution in [3.63, 3.8) is 0 Å². The highest BCUT2D eigenvalue weighted by Crippen LogP contribution is 2.17. The number of aryl methyl sites for hydroxylation is 1. The fraction of sp³-hybridized carbons (Fsp3) is 0.438. The lowest BCUT2D eigenvalue weighted by Crippen LogP contribution is -2.42. The van der Waals surface area contributed by atoms with E-state index in [-0.39, 0.29) is 17.7 Å². The van der Waals surface area contributed by atoms with Gasteiger partial charge in [0.1, 0.15) is 6.10 Å². The first-order chi connectivity index (χ1) is 11.6. The molecule has 2 rings (SSSR count). The van der Waals surface area contributed by atoms with Crippen molar-refractivity contribution >= 4 is 5.96 Å². The van der Waals surface area contributed by atoms with Crippen molar-refractivity contribution < 1.29 is 13.7 Å². The molecule has 0 saturated carbocycles. The van der Waals surface area contributed by atoms with Crippen LogP contribution in [0.3, 0.4) is 0 Å². The Morgan fingerprint density at radius 2 is 2.17 bits per heavy atom. The summed E-state index contributed by atoms with van der Waals surface area (Å²) in [7, 11) is 1.66. The number of hydrogen-bond acceptors (Lipinski definition) is 5. The van der Waals surface area contributed by atoms with Crippen molar-refractivity contribution in [2.45, 2.75) is 32.9 Å². The van der Waals surface area contributed by atoms with Crippen LogP contribution in [-0.4, -0.2) is 35.8 Å². The Bertz CT molecular complexity index is 674. The van der Waals surface area contributed by atoms with E-state index in [9.17, 15) is 4.39 Å². The van der Waals surface area contributed by atoms with Gasteiger partial charge in [0, 0.05) is 14.0 Å². The Balaban J connectivity index is 1.83. The van der Waals surface area contributed by atoms with Crippen molar-refractivity contribution in [1.29, 1.82) is 0 Å². The van der Waals surface area contributed by atoms with Crippen LogP contribution in [0.2, 0.25) is 0 Å². The fourth-order valence-corrected chi connectivity index (χ4v) is 2.00. The Morgan fingerprint density at radius 3 is 2.79 bits per heavy atom. The number of nitrogens with one attached hydrogen (secondary N) is 2. The van der Waals surface area contributed by atoms with E-state index < -0.39 is 0 Å². The highest BCUT2D eigenvalue weighted by Gasteiger charge is 2.12. The molecule has 2 N–H and O–H groups in total. The number of benzene rings is 1. The van der Waals surface area contributed by atoms with Crippen LogP contribution in [0.4, 0.5) is 4.39 Å². The van der Waals surface area contributed by atoms with E-state index in [1.54, 1.807) is 32.2 Å². The average Bonchev–Trinajstić information content (AvgIpc) is 3.01. The second-order valence-corrected chi connectivity index (χ2v) is 5.11. The van der Waals surface area contributed by atoms with Crippen LogP contribution in [0.15, 0.2) is 33.8 Å². The summed E-state index contributed by atoms with van der Waals surface area (Å²) in [5.74, 6) is 1.51. The maximum absolute atomic E-state index is 13.7. The molecule has 0 spiro atoms. The SMILES string of the molecule is CCC(CNC(=NC)NCc1noc(C)n1)Oc1ccccc1F. The minimum Gasteiger partial charge on any atom is -0.486 e. The molecule has 7 nitrogen and oxygen atoms in total. The summed E-state index contributed by atoms with van der Waals surface area (Å²) in [6, 6.07) is 6.37. The Morgan fingerprint density at radius 1 is 1.38 bits per heavy atom. The van der Waals surface area contributed by atoms with Gasteiger partial charge in [-0.15, -0.1) is 0 Å². The summed E-state index contributed by atoms with van der Waals surface area (Å²) in [6.45, 7) is 4.58. The maximum Gasteiger partial charge on any atom is 0.223 e. The standard InChI is InChI=1S/C16H22FN5O2/c1-4-12(23-14-8-6-5-7-13(14)17)9-19-16(18-3)20-10-15-21-11(2)24-22-15/h5-8,12H,4,9-10H2,1-3H3,(H2,18,19,20). The van der Waals surface area contributed by atoms with Gasteiger partial charge in [-0.2, -0.15) is 4.98 Å². The van der Waals surface area contributed by atoms with Gasteiger partial charge in [0.15, 0.2) is 23.4 Å². The predicted octanol–water partition coefficient (Wildman–Crippen LogP) is 2.04. The third-order valence-electron chi connectivity index (χ3n) is 3.29. The number of halogens is 1. The molecule has 24 heavy (non-hydrogen) atoms. The lowest BCUT2D eigenvalue weighted by Gasteiger charge is -2.20. The normalized spacial score (nSPS) is 12.8. The molecular formula is C16H22FN5O2. The topological polar surface area (TPSA) is 84.6 Å². The van der Waals surface area contributed by atoms with Crippen molar-refractivity contribution in [2.75, 3.05) is 13.6 Å². The second kappa shape index (κ2) is 8.85. The number of ether oxygens (including phenoxy) is 1. The van der Waals surface area contributed by atoms with Gasteiger partial charge in [0.25, 0.3) is 0 Å². The first-order valence-corrected chi connectivity index (χ1v) is 7.77. The largest absolute Gasteiger partial charge is 0.486 e. The number of aromatic nitrogens is 2. The third kappa shape index (κ3) is 5.22. The zero-order chi connectivity index (χ0) is 17.4. The number of rotatable bonds is 7. The van der Waals surface area contributed by atoms with Crippen LogP contribution in [0.5, 0.6) is 5.75 Å². The minimum absolute atomic E-state index is 0.187. The molecule has 0 radical (unpaired) electrons. The van der Waals surface area contributed by atoms with Crippen LogP contribution in [0.25, 0.3) is 0 Å². The predicted molar refractivity (Wildman–Crippen MR) is 88.3 cm³/mol. The number of nitrogens with zero attached hydrogens (tertiary/aromatic N) is 3. The van der Waals surface area contributed by atoms with Gasteiger partial charge in [0.05, 0.1) is 13.1 Å². The molecular weight excluding hydrogens is 313 g/mol. The summed E-state index contributed by atoms with van der Waals surface area (Å²) in [5, 5.41) is 10.0. The maximum atomic E-state index is 13.7. The summed E-state index contributed by atoms with van der Waals surface area (Å²) in [4.78, 5) is 8.22. The summed E-state index contributed by atoms with van der Waals surface area (Å²) in [5.41, 5.74) is 0. The van der Waals surface area contributed by atoms with Crippen LogP contribution < -0.4 is 15.4 Å². The molecule has 1 unspecified atom stereocenters. The zero-order valence-corrected chi connectivity index (χ0v) is 14.0. The molecule has 0 bridgehead atoms. The molecule has 0 saturated heterocycles. The van der Waals surface area contributed by atoms with Gasteiger partial charge in [-0.05, 0) is 18.6 Å². The van der Waals surface area contributed by atoms with E-state index >= 15 is 0 Å². The van der Waals surface area contributed by atoms with E-state index in [1.807, 2.05) is 6.92 Å². The smallest absolute Gasteiger partial charge is 0.223 e. The first kappa shape index (κ1) is 17.7. The fourth-order valence-electron chi connectivity index (χ4n) is 2.00. The third-order valence-corrected chi connectivity index (χ3v) is 3.29. The van der Waals surface area contributed by atoms with Crippen LogP contribution >= 0.6 is 0 Å². The van der Waals surface area contributed by atoms with Gasteiger partial charge in [0.2, 0.25) is 5.89 Å². The summed E-state index contributed by atoms with van der Waals surface area (Å²) < 4.78 is 24.3. The Labute approximate surface area is 140 Å². The zero-order valence-electron chi connectivity index (χ0n) is 14.0. The lowest BCUT2D eigenvalue weighted by molar-refractivity contribution is 0.191. The molecule has 0 aliphatic carbocycles. The van der Waals surface area contributed by atoms with Gasteiger partial charge in [-0.3, -0.25) is 4.99 Å². The average molecular weight is 335 g/mol. The monoisotopic (exact) mass is 335 g/mol. The Hall–Kier alpha value is -2.64. The second-order valence-electron chi connectivity index (χ2n) is 5.11. The quantitative estimate of drug-likeness (QED) is 0.595. The van der Waals surface area contributed by atoms with Crippen molar-refractivity contribution in [2.24, 2.45) is 4.99 Å². The minimum atomic E-state index is -0.370. The van der Waals surface area contributed by atoms with Gasteiger partial charge in [-0.1, -0.05) is 24.2 Å². The van der Waals surface area contributed by atoms with E-state index in [0.717, 1.165) is 6.42 Å². The molecule has 2 aromatic rings. The molecule has 0 aliphatic rings. The van der Waals surface area contributed by atoms with Gasteiger partial charge < -0.3 is 19.9 Å². The van der Waals surface area contributed by atoms with Crippen LogP contribution in [0, 0.1) is 12.7 Å². The number of guanidine groups is 1. The van der Waals surface area contributed by atoms with Gasteiger partial charge in [-0.25, -0.2) is 4.39 Å². The Kier molecular flexibility index (Phi) is 6.53.